The second-order valence-corrected chi connectivity index (χ2v) is 4.71. The number of aromatic nitrogens is 2. The van der Waals surface area contributed by atoms with Gasteiger partial charge in [-0.05, 0) is 25.7 Å². The van der Waals surface area contributed by atoms with Gasteiger partial charge in [-0.2, -0.15) is 8.78 Å². The number of nitrogen functional groups attached to an aromatic ring is 1. The van der Waals surface area contributed by atoms with Gasteiger partial charge in [-0.1, -0.05) is 0 Å². The first-order valence-electron chi connectivity index (χ1n) is 6.28. The van der Waals surface area contributed by atoms with Crippen LogP contribution in [0.4, 0.5) is 23.4 Å². The Kier molecular flexibility index (Phi) is 4.42. The molecule has 0 atom stereocenters. The highest BCUT2D eigenvalue weighted by Crippen LogP contribution is 2.25. The van der Waals surface area contributed by atoms with Gasteiger partial charge in [0.1, 0.15) is 19.0 Å². The summed E-state index contributed by atoms with van der Waals surface area (Å²) in [6.07, 6.45) is -0.213. The fourth-order valence-corrected chi connectivity index (χ4v) is 2.08. The normalized spacial score (nSPS) is 15.4. The molecule has 1 aliphatic rings. The van der Waals surface area contributed by atoms with E-state index in [1.807, 2.05) is 0 Å². The lowest BCUT2D eigenvalue weighted by Gasteiger charge is -2.18. The first-order chi connectivity index (χ1) is 9.40. The van der Waals surface area contributed by atoms with Crippen molar-refractivity contribution in [2.45, 2.75) is 44.6 Å². The standard InChI is InChI=1S/C12H15F4N3O/c13-11(14)12(15,16)6-20-5-9-18-8-4-2-1-3-7(8)10(17)19-9/h11H,1-6H2,(H2,17,18,19). The van der Waals surface area contributed by atoms with Crippen molar-refractivity contribution in [3.8, 4) is 0 Å². The third-order valence-electron chi connectivity index (χ3n) is 3.11. The van der Waals surface area contributed by atoms with Crippen LogP contribution < -0.4 is 5.73 Å². The Labute approximate surface area is 113 Å². The molecular formula is C12H15F4N3O. The van der Waals surface area contributed by atoms with Gasteiger partial charge in [0.15, 0.2) is 5.82 Å². The quantitative estimate of drug-likeness (QED) is 0.847. The molecule has 0 unspecified atom stereocenters. The predicted molar refractivity (Wildman–Crippen MR) is 63.7 cm³/mol. The van der Waals surface area contributed by atoms with Crippen molar-refractivity contribution in [3.63, 3.8) is 0 Å². The molecule has 1 aliphatic carbocycles. The molecule has 0 aliphatic heterocycles. The molecule has 2 N–H and O–H groups in total. The molecule has 8 heteroatoms. The zero-order chi connectivity index (χ0) is 14.8. The van der Waals surface area contributed by atoms with Crippen LogP contribution >= 0.6 is 0 Å². The number of nitrogens with zero attached hydrogens (tertiary/aromatic N) is 2. The van der Waals surface area contributed by atoms with Gasteiger partial charge in [-0.25, -0.2) is 18.7 Å². The third-order valence-corrected chi connectivity index (χ3v) is 3.11. The number of hydrogen-bond acceptors (Lipinski definition) is 4. The maximum absolute atomic E-state index is 12.7. The van der Waals surface area contributed by atoms with Gasteiger partial charge in [-0.15, -0.1) is 0 Å². The molecule has 112 valence electrons. The third kappa shape index (κ3) is 3.36. The number of anilines is 1. The maximum Gasteiger partial charge on any atom is 0.330 e. The van der Waals surface area contributed by atoms with Crippen LogP contribution in [0, 0.1) is 0 Å². The minimum Gasteiger partial charge on any atom is -0.383 e. The molecular weight excluding hydrogens is 278 g/mol. The van der Waals surface area contributed by atoms with E-state index in [4.69, 9.17) is 5.73 Å². The van der Waals surface area contributed by atoms with E-state index in [0.29, 0.717) is 5.82 Å². The van der Waals surface area contributed by atoms with Crippen LogP contribution in [0.15, 0.2) is 0 Å². The van der Waals surface area contributed by atoms with Gasteiger partial charge in [-0.3, -0.25) is 0 Å². The van der Waals surface area contributed by atoms with Gasteiger partial charge in [0.25, 0.3) is 0 Å². The summed E-state index contributed by atoms with van der Waals surface area (Å²) in [6, 6.07) is 0. The van der Waals surface area contributed by atoms with E-state index in [2.05, 4.69) is 14.7 Å². The Morgan fingerprint density at radius 1 is 1.20 bits per heavy atom. The van der Waals surface area contributed by atoms with Gasteiger partial charge in [0.2, 0.25) is 0 Å². The lowest BCUT2D eigenvalue weighted by Crippen LogP contribution is -2.32. The first kappa shape index (κ1) is 15.0. The van der Waals surface area contributed by atoms with E-state index in [9.17, 15) is 17.6 Å². The number of halogens is 4. The summed E-state index contributed by atoms with van der Waals surface area (Å²) in [5, 5.41) is 0. The monoisotopic (exact) mass is 293 g/mol. The number of aryl methyl sites for hydroxylation is 1. The van der Waals surface area contributed by atoms with Crippen molar-refractivity contribution in [2.24, 2.45) is 0 Å². The Hall–Kier alpha value is -1.44. The lowest BCUT2D eigenvalue weighted by molar-refractivity contribution is -0.168. The first-order valence-corrected chi connectivity index (χ1v) is 6.28. The zero-order valence-corrected chi connectivity index (χ0v) is 10.7. The minimum absolute atomic E-state index is 0.146. The van der Waals surface area contributed by atoms with E-state index < -0.39 is 19.0 Å². The molecule has 0 aromatic carbocycles. The van der Waals surface area contributed by atoms with Crippen LogP contribution in [-0.2, 0) is 24.2 Å². The van der Waals surface area contributed by atoms with Gasteiger partial charge < -0.3 is 10.5 Å². The maximum atomic E-state index is 12.7. The smallest absolute Gasteiger partial charge is 0.330 e. The summed E-state index contributed by atoms with van der Waals surface area (Å²) >= 11 is 0. The fraction of sp³-hybridized carbons (Fsp3) is 0.667. The van der Waals surface area contributed by atoms with Crippen LogP contribution in [0.1, 0.15) is 29.9 Å². The molecule has 1 aromatic heterocycles. The van der Waals surface area contributed by atoms with Crippen molar-refractivity contribution in [1.29, 1.82) is 0 Å². The number of rotatable bonds is 5. The molecule has 0 spiro atoms. The minimum atomic E-state index is -4.17. The van der Waals surface area contributed by atoms with E-state index in [1.165, 1.54) is 0 Å². The molecule has 0 saturated heterocycles. The number of nitrogens with two attached hydrogens (primary N) is 1. The van der Waals surface area contributed by atoms with Crippen molar-refractivity contribution < 1.29 is 22.3 Å². The largest absolute Gasteiger partial charge is 0.383 e. The molecule has 0 fully saturated rings. The number of hydrogen-bond donors (Lipinski definition) is 1. The Morgan fingerprint density at radius 2 is 1.90 bits per heavy atom. The van der Waals surface area contributed by atoms with Crippen molar-refractivity contribution in [3.05, 3.63) is 17.1 Å². The molecule has 0 bridgehead atoms. The van der Waals surface area contributed by atoms with Gasteiger partial charge in [0.05, 0.1) is 0 Å². The second kappa shape index (κ2) is 5.90. The van der Waals surface area contributed by atoms with E-state index >= 15 is 0 Å². The Balaban J connectivity index is 1.99. The molecule has 0 amide bonds. The van der Waals surface area contributed by atoms with Crippen molar-refractivity contribution >= 4 is 5.82 Å². The highest BCUT2D eigenvalue weighted by molar-refractivity contribution is 5.43. The molecule has 0 saturated carbocycles. The van der Waals surface area contributed by atoms with Crippen LogP contribution in [0.3, 0.4) is 0 Å². The van der Waals surface area contributed by atoms with Crippen molar-refractivity contribution in [2.75, 3.05) is 12.3 Å². The predicted octanol–water partition coefficient (Wildman–Crippen LogP) is 2.35. The number of alkyl halides is 4. The highest BCUT2D eigenvalue weighted by atomic mass is 19.3. The molecule has 0 radical (unpaired) electrons. The summed E-state index contributed by atoms with van der Waals surface area (Å²) < 4.78 is 53.8. The lowest BCUT2D eigenvalue weighted by atomic mass is 9.96. The number of fused-ring (bicyclic) bond motifs is 1. The highest BCUT2D eigenvalue weighted by Gasteiger charge is 2.41. The molecule has 2 rings (SSSR count). The topological polar surface area (TPSA) is 61.0 Å². The zero-order valence-electron chi connectivity index (χ0n) is 10.7. The van der Waals surface area contributed by atoms with Crippen LogP contribution in [-0.4, -0.2) is 28.9 Å². The van der Waals surface area contributed by atoms with E-state index in [1.54, 1.807) is 0 Å². The van der Waals surface area contributed by atoms with E-state index in [0.717, 1.165) is 36.9 Å². The molecule has 4 nitrogen and oxygen atoms in total. The molecule has 20 heavy (non-hydrogen) atoms. The molecule has 1 aromatic rings. The average molecular weight is 293 g/mol. The van der Waals surface area contributed by atoms with Crippen LogP contribution in [0.25, 0.3) is 0 Å². The fourth-order valence-electron chi connectivity index (χ4n) is 2.08. The summed E-state index contributed by atoms with van der Waals surface area (Å²) in [7, 11) is 0. The second-order valence-electron chi connectivity index (χ2n) is 4.71. The summed E-state index contributed by atoms with van der Waals surface area (Å²) in [4.78, 5) is 8.15. The Bertz CT molecular complexity index is 482. The summed E-state index contributed by atoms with van der Waals surface area (Å²) in [5.74, 6) is -3.71. The van der Waals surface area contributed by atoms with Crippen molar-refractivity contribution in [1.82, 2.24) is 9.97 Å². The van der Waals surface area contributed by atoms with Gasteiger partial charge >= 0.3 is 12.3 Å². The average Bonchev–Trinajstić information content (AvgIpc) is 2.38. The Morgan fingerprint density at radius 3 is 2.60 bits per heavy atom. The summed E-state index contributed by atoms with van der Waals surface area (Å²) in [5.41, 5.74) is 7.45. The summed E-state index contributed by atoms with van der Waals surface area (Å²) in [6.45, 7) is -1.73. The van der Waals surface area contributed by atoms with Crippen LogP contribution in [0.5, 0.6) is 0 Å². The SMILES string of the molecule is Nc1nc(COCC(F)(F)C(F)F)nc2c1CCCC2. The van der Waals surface area contributed by atoms with E-state index in [-0.39, 0.29) is 12.4 Å². The van der Waals surface area contributed by atoms with Crippen LogP contribution in [0.2, 0.25) is 0 Å². The molecule has 1 heterocycles. The number of ether oxygens (including phenoxy) is 1. The van der Waals surface area contributed by atoms with Gasteiger partial charge in [0, 0.05) is 11.3 Å².